The fourth-order valence-corrected chi connectivity index (χ4v) is 3.45. The van der Waals surface area contributed by atoms with Gasteiger partial charge in [-0.25, -0.2) is 4.79 Å². The average molecular weight is 306 g/mol. The van der Waals surface area contributed by atoms with Crippen molar-refractivity contribution in [2.45, 2.75) is 51.0 Å². The number of carbonyl (C=O) groups excluding carboxylic acids is 1. The smallest absolute Gasteiger partial charge is 0.235 e. The molecule has 0 bridgehead atoms. The van der Waals surface area contributed by atoms with Crippen LogP contribution in [0.3, 0.4) is 0 Å². The fourth-order valence-electron chi connectivity index (χ4n) is 3.12. The summed E-state index contributed by atoms with van der Waals surface area (Å²) in [4.78, 5) is 14.9. The Hall–Kier alpha value is -1.31. The number of halogens is 1. The van der Waals surface area contributed by atoms with Crippen LogP contribution >= 0.6 is 11.6 Å². The first kappa shape index (κ1) is 14.6. The molecule has 0 saturated heterocycles. The summed E-state index contributed by atoms with van der Waals surface area (Å²) in [6.45, 7) is 2.71. The maximum Gasteiger partial charge on any atom is 0.235 e. The third kappa shape index (κ3) is 2.73. The molecule has 0 amide bonds. The van der Waals surface area contributed by atoms with Gasteiger partial charge in [0.2, 0.25) is 6.08 Å². The second kappa shape index (κ2) is 5.82. The van der Waals surface area contributed by atoms with Crippen molar-refractivity contribution in [3.8, 4) is 5.75 Å². The van der Waals surface area contributed by atoms with E-state index in [1.54, 1.807) is 6.08 Å². The first-order valence-corrected chi connectivity index (χ1v) is 8.05. The Balaban J connectivity index is 1.94. The summed E-state index contributed by atoms with van der Waals surface area (Å²) in [6.07, 6.45) is 8.29. The third-order valence-corrected chi connectivity index (χ3v) is 5.10. The zero-order valence-corrected chi connectivity index (χ0v) is 13.1. The summed E-state index contributed by atoms with van der Waals surface area (Å²) in [5.41, 5.74) is 1.56. The van der Waals surface area contributed by atoms with Crippen LogP contribution in [-0.2, 0) is 10.3 Å². The van der Waals surface area contributed by atoms with Crippen molar-refractivity contribution in [2.24, 2.45) is 10.9 Å². The van der Waals surface area contributed by atoms with E-state index in [2.05, 4.69) is 11.1 Å². The Morgan fingerprint density at radius 3 is 2.67 bits per heavy atom. The van der Waals surface area contributed by atoms with Crippen molar-refractivity contribution >= 4 is 17.7 Å². The zero-order chi connectivity index (χ0) is 14.9. The third-order valence-electron chi connectivity index (χ3n) is 4.82. The SMILES string of the molecule is Cc1cc(Cl)c(OCC2CCC2)c(C2(N=C=O)CCC2)c1. The molecule has 1 aromatic carbocycles. The fraction of sp³-hybridized carbons (Fsp3) is 0.588. The highest BCUT2D eigenvalue weighted by Gasteiger charge is 2.42. The monoisotopic (exact) mass is 305 g/mol. The molecule has 0 spiro atoms. The summed E-state index contributed by atoms with van der Waals surface area (Å²) < 4.78 is 6.03. The van der Waals surface area contributed by atoms with Gasteiger partial charge in [0.05, 0.1) is 11.6 Å². The Bertz CT molecular complexity index is 585. The Morgan fingerprint density at radius 1 is 1.38 bits per heavy atom. The van der Waals surface area contributed by atoms with Gasteiger partial charge in [-0.15, -0.1) is 0 Å². The van der Waals surface area contributed by atoms with Gasteiger partial charge in [0.25, 0.3) is 0 Å². The van der Waals surface area contributed by atoms with Gasteiger partial charge >= 0.3 is 0 Å². The molecule has 1 aromatic rings. The average Bonchev–Trinajstić information content (AvgIpc) is 2.34. The molecule has 3 rings (SSSR count). The Labute approximate surface area is 130 Å². The van der Waals surface area contributed by atoms with Crippen molar-refractivity contribution in [2.75, 3.05) is 6.61 Å². The molecule has 0 radical (unpaired) electrons. The highest BCUT2D eigenvalue weighted by Crippen LogP contribution is 2.50. The quantitative estimate of drug-likeness (QED) is 0.591. The molecule has 0 unspecified atom stereocenters. The van der Waals surface area contributed by atoms with Crippen LogP contribution in [0.1, 0.15) is 49.7 Å². The van der Waals surface area contributed by atoms with Crippen molar-refractivity contribution < 1.29 is 9.53 Å². The topological polar surface area (TPSA) is 38.7 Å². The Kier molecular flexibility index (Phi) is 4.05. The van der Waals surface area contributed by atoms with Gasteiger partial charge < -0.3 is 4.74 Å². The number of hydrogen-bond acceptors (Lipinski definition) is 3. The number of benzene rings is 1. The number of hydrogen-bond donors (Lipinski definition) is 0. The molecule has 112 valence electrons. The first-order valence-electron chi connectivity index (χ1n) is 7.67. The van der Waals surface area contributed by atoms with Gasteiger partial charge in [-0.05, 0) is 62.6 Å². The van der Waals surface area contributed by atoms with Crippen molar-refractivity contribution in [3.63, 3.8) is 0 Å². The van der Waals surface area contributed by atoms with Crippen LogP contribution in [0.2, 0.25) is 5.02 Å². The molecule has 3 nitrogen and oxygen atoms in total. The van der Waals surface area contributed by atoms with E-state index < -0.39 is 5.54 Å². The van der Waals surface area contributed by atoms with Crippen LogP contribution in [0.4, 0.5) is 0 Å². The molecule has 21 heavy (non-hydrogen) atoms. The predicted octanol–water partition coefficient (Wildman–Crippen LogP) is 4.54. The van der Waals surface area contributed by atoms with E-state index >= 15 is 0 Å². The lowest BCUT2D eigenvalue weighted by molar-refractivity contribution is 0.171. The summed E-state index contributed by atoms with van der Waals surface area (Å²) in [5.74, 6) is 1.36. The molecule has 0 atom stereocenters. The lowest BCUT2D eigenvalue weighted by atomic mass is 9.71. The zero-order valence-electron chi connectivity index (χ0n) is 12.3. The van der Waals surface area contributed by atoms with Crippen LogP contribution in [0.25, 0.3) is 0 Å². The van der Waals surface area contributed by atoms with E-state index in [0.29, 0.717) is 23.3 Å². The van der Waals surface area contributed by atoms with E-state index in [-0.39, 0.29) is 0 Å². The van der Waals surface area contributed by atoms with Crippen LogP contribution < -0.4 is 4.74 Å². The molecule has 0 aromatic heterocycles. The number of rotatable bonds is 5. The van der Waals surface area contributed by atoms with E-state index in [1.165, 1.54) is 19.3 Å². The number of isocyanates is 1. The maximum absolute atomic E-state index is 10.8. The molecule has 4 heteroatoms. The van der Waals surface area contributed by atoms with E-state index in [0.717, 1.165) is 30.4 Å². The lowest BCUT2D eigenvalue weighted by Gasteiger charge is -2.38. The summed E-state index contributed by atoms with van der Waals surface area (Å²) >= 11 is 6.40. The lowest BCUT2D eigenvalue weighted by Crippen LogP contribution is -2.33. The molecule has 2 aliphatic rings. The van der Waals surface area contributed by atoms with Crippen LogP contribution in [0.15, 0.2) is 17.1 Å². The minimum absolute atomic E-state index is 0.466. The van der Waals surface area contributed by atoms with Gasteiger partial charge in [-0.2, -0.15) is 4.99 Å². The van der Waals surface area contributed by atoms with Crippen LogP contribution in [0, 0.1) is 12.8 Å². The van der Waals surface area contributed by atoms with Gasteiger partial charge in [0, 0.05) is 5.56 Å². The molecular formula is C17H20ClNO2. The highest BCUT2D eigenvalue weighted by molar-refractivity contribution is 6.32. The molecule has 0 heterocycles. The predicted molar refractivity (Wildman–Crippen MR) is 82.7 cm³/mol. The minimum Gasteiger partial charge on any atom is -0.491 e. The Morgan fingerprint density at radius 2 is 2.14 bits per heavy atom. The number of nitrogens with zero attached hydrogens (tertiary/aromatic N) is 1. The van der Waals surface area contributed by atoms with Crippen molar-refractivity contribution in [1.82, 2.24) is 0 Å². The molecule has 2 fully saturated rings. The second-order valence-electron chi connectivity index (χ2n) is 6.32. The van der Waals surface area contributed by atoms with E-state index in [9.17, 15) is 4.79 Å². The summed E-state index contributed by atoms with van der Waals surface area (Å²) in [6, 6.07) is 3.97. The van der Waals surface area contributed by atoms with Gasteiger partial charge in [-0.3, -0.25) is 0 Å². The summed E-state index contributed by atoms with van der Waals surface area (Å²) in [7, 11) is 0. The van der Waals surface area contributed by atoms with E-state index in [1.807, 2.05) is 13.0 Å². The first-order chi connectivity index (χ1) is 10.1. The normalized spacial score (nSPS) is 20.1. The maximum atomic E-state index is 10.8. The minimum atomic E-state index is -0.466. The molecule has 2 aliphatic carbocycles. The van der Waals surface area contributed by atoms with Crippen LogP contribution in [0.5, 0.6) is 5.75 Å². The molecule has 0 aliphatic heterocycles. The van der Waals surface area contributed by atoms with Crippen molar-refractivity contribution in [1.29, 1.82) is 0 Å². The van der Waals surface area contributed by atoms with Crippen molar-refractivity contribution in [3.05, 3.63) is 28.3 Å². The highest BCUT2D eigenvalue weighted by atomic mass is 35.5. The second-order valence-corrected chi connectivity index (χ2v) is 6.73. The molecular weight excluding hydrogens is 286 g/mol. The number of aryl methyl sites for hydroxylation is 1. The number of ether oxygens (including phenoxy) is 1. The van der Waals surface area contributed by atoms with Gasteiger partial charge in [0.15, 0.2) is 0 Å². The number of aliphatic imine (C=N–C) groups is 1. The van der Waals surface area contributed by atoms with Gasteiger partial charge in [0.1, 0.15) is 11.3 Å². The van der Waals surface area contributed by atoms with Gasteiger partial charge in [-0.1, -0.05) is 18.0 Å². The largest absolute Gasteiger partial charge is 0.491 e. The molecule has 0 N–H and O–H groups in total. The molecule has 2 saturated carbocycles. The summed E-state index contributed by atoms with van der Waals surface area (Å²) in [5, 5.41) is 0.622. The van der Waals surface area contributed by atoms with E-state index in [4.69, 9.17) is 16.3 Å². The standard InChI is InChI=1S/C17H20ClNO2/c1-12-8-14(17(19-11-20)6-3-7-17)16(15(18)9-12)21-10-13-4-2-5-13/h8-9,13H,2-7,10H2,1H3. The van der Waals surface area contributed by atoms with Crippen LogP contribution in [-0.4, -0.2) is 12.7 Å².